The number of nitrogens with zero attached hydrogens (tertiary/aromatic N) is 2. The minimum atomic E-state index is 0.151. The summed E-state index contributed by atoms with van der Waals surface area (Å²) in [4.78, 5) is 8.41. The second kappa shape index (κ2) is 8.60. The summed E-state index contributed by atoms with van der Waals surface area (Å²) < 4.78 is 16.2. The molecule has 2 aromatic carbocycles. The second-order valence-corrected chi connectivity index (χ2v) is 6.12. The van der Waals surface area contributed by atoms with Crippen molar-refractivity contribution in [1.29, 1.82) is 0 Å². The first-order valence-electron chi connectivity index (χ1n) is 8.32. The molecule has 0 saturated heterocycles. The van der Waals surface area contributed by atoms with Crippen molar-refractivity contribution in [3.63, 3.8) is 0 Å². The van der Waals surface area contributed by atoms with Gasteiger partial charge in [0.15, 0.2) is 0 Å². The molecule has 0 saturated carbocycles. The Morgan fingerprint density at radius 2 is 1.67 bits per heavy atom. The first-order chi connectivity index (χ1) is 13.1. The average Bonchev–Trinajstić information content (AvgIpc) is 2.69. The summed E-state index contributed by atoms with van der Waals surface area (Å²) in [6.45, 7) is 2.53. The SMILES string of the molecule is COc1cc(OC)nc(Oc2ccccc2CNc2cccc(Cl)c2C)n1. The molecule has 6 nitrogen and oxygen atoms in total. The van der Waals surface area contributed by atoms with E-state index < -0.39 is 0 Å². The lowest BCUT2D eigenvalue weighted by Crippen LogP contribution is -2.04. The molecule has 3 rings (SSSR count). The highest BCUT2D eigenvalue weighted by Gasteiger charge is 2.11. The molecule has 0 unspecified atom stereocenters. The van der Waals surface area contributed by atoms with Crippen LogP contribution >= 0.6 is 11.6 Å². The molecule has 1 N–H and O–H groups in total. The van der Waals surface area contributed by atoms with Crippen LogP contribution in [0.3, 0.4) is 0 Å². The number of hydrogen-bond donors (Lipinski definition) is 1. The lowest BCUT2D eigenvalue weighted by Gasteiger charge is -2.14. The third kappa shape index (κ3) is 4.60. The monoisotopic (exact) mass is 385 g/mol. The predicted molar refractivity (Wildman–Crippen MR) is 105 cm³/mol. The minimum absolute atomic E-state index is 0.151. The van der Waals surface area contributed by atoms with Gasteiger partial charge in [0.2, 0.25) is 11.8 Å². The zero-order chi connectivity index (χ0) is 19.2. The van der Waals surface area contributed by atoms with E-state index in [-0.39, 0.29) is 6.01 Å². The molecular formula is C20H20ClN3O3. The lowest BCUT2D eigenvalue weighted by molar-refractivity contribution is 0.347. The zero-order valence-corrected chi connectivity index (χ0v) is 16.1. The molecule has 0 atom stereocenters. The van der Waals surface area contributed by atoms with Gasteiger partial charge in [-0.15, -0.1) is 0 Å². The smallest absolute Gasteiger partial charge is 0.328 e. The van der Waals surface area contributed by atoms with Gasteiger partial charge in [0.25, 0.3) is 0 Å². The molecule has 0 amide bonds. The van der Waals surface area contributed by atoms with Gasteiger partial charge < -0.3 is 19.5 Å². The molecule has 0 spiro atoms. The van der Waals surface area contributed by atoms with Crippen LogP contribution in [0.15, 0.2) is 48.5 Å². The fourth-order valence-corrected chi connectivity index (χ4v) is 2.65. The van der Waals surface area contributed by atoms with Crippen molar-refractivity contribution in [3.05, 3.63) is 64.7 Å². The van der Waals surface area contributed by atoms with E-state index >= 15 is 0 Å². The summed E-state index contributed by atoms with van der Waals surface area (Å²) in [5.74, 6) is 1.36. The van der Waals surface area contributed by atoms with E-state index in [2.05, 4.69) is 15.3 Å². The molecular weight excluding hydrogens is 366 g/mol. The highest BCUT2D eigenvalue weighted by molar-refractivity contribution is 6.31. The van der Waals surface area contributed by atoms with E-state index in [4.69, 9.17) is 25.8 Å². The van der Waals surface area contributed by atoms with E-state index in [1.807, 2.05) is 49.4 Å². The molecule has 0 aliphatic rings. The summed E-state index contributed by atoms with van der Waals surface area (Å²) in [5.41, 5.74) is 2.91. The number of anilines is 1. The first-order valence-corrected chi connectivity index (χ1v) is 8.70. The topological polar surface area (TPSA) is 65.5 Å². The first kappa shape index (κ1) is 18.8. The Morgan fingerprint density at radius 3 is 2.37 bits per heavy atom. The van der Waals surface area contributed by atoms with Gasteiger partial charge in [-0.2, -0.15) is 9.97 Å². The summed E-state index contributed by atoms with van der Waals surface area (Å²) in [5, 5.41) is 4.11. The van der Waals surface area contributed by atoms with Gasteiger partial charge in [0.05, 0.1) is 20.3 Å². The highest BCUT2D eigenvalue weighted by atomic mass is 35.5. The largest absolute Gasteiger partial charge is 0.481 e. The maximum atomic E-state index is 6.19. The number of ether oxygens (including phenoxy) is 3. The standard InChI is InChI=1S/C20H20ClN3O3/c1-13-15(21)8-6-9-16(13)22-12-14-7-4-5-10-17(14)27-20-23-18(25-2)11-19(24-20)26-3/h4-11,22H,12H2,1-3H3. The number of methoxy groups -OCH3 is 2. The van der Waals surface area contributed by atoms with Crippen LogP contribution in [0.4, 0.5) is 5.69 Å². The fourth-order valence-electron chi connectivity index (χ4n) is 2.48. The van der Waals surface area contributed by atoms with Crippen LogP contribution in [0.2, 0.25) is 5.02 Å². The molecule has 0 bridgehead atoms. The second-order valence-electron chi connectivity index (χ2n) is 5.71. The highest BCUT2D eigenvalue weighted by Crippen LogP contribution is 2.28. The molecule has 1 aromatic heterocycles. The molecule has 1 heterocycles. The maximum Gasteiger partial charge on any atom is 0.328 e. The summed E-state index contributed by atoms with van der Waals surface area (Å²) in [6, 6.07) is 15.2. The van der Waals surface area contributed by atoms with Gasteiger partial charge in [0, 0.05) is 22.8 Å². The van der Waals surface area contributed by atoms with Crippen molar-refractivity contribution in [2.45, 2.75) is 13.5 Å². The Labute approximate surface area is 163 Å². The Morgan fingerprint density at radius 1 is 0.963 bits per heavy atom. The maximum absolute atomic E-state index is 6.19. The van der Waals surface area contributed by atoms with Gasteiger partial charge in [-0.1, -0.05) is 35.9 Å². The van der Waals surface area contributed by atoms with Crippen molar-refractivity contribution in [3.8, 4) is 23.5 Å². The number of aromatic nitrogens is 2. The van der Waals surface area contributed by atoms with E-state index in [9.17, 15) is 0 Å². The van der Waals surface area contributed by atoms with Crippen molar-refractivity contribution < 1.29 is 14.2 Å². The molecule has 0 fully saturated rings. The van der Waals surface area contributed by atoms with E-state index in [0.717, 1.165) is 21.8 Å². The summed E-state index contributed by atoms with van der Waals surface area (Å²) >= 11 is 6.19. The van der Waals surface area contributed by atoms with Crippen LogP contribution in [0, 0.1) is 6.92 Å². The van der Waals surface area contributed by atoms with Crippen LogP contribution < -0.4 is 19.5 Å². The van der Waals surface area contributed by atoms with Crippen molar-refractivity contribution in [2.24, 2.45) is 0 Å². The molecule has 7 heteroatoms. The molecule has 27 heavy (non-hydrogen) atoms. The third-order valence-corrected chi connectivity index (χ3v) is 4.40. The van der Waals surface area contributed by atoms with Crippen LogP contribution in [0.25, 0.3) is 0 Å². The summed E-state index contributed by atoms with van der Waals surface area (Å²) in [7, 11) is 3.05. The van der Waals surface area contributed by atoms with Crippen molar-refractivity contribution in [1.82, 2.24) is 9.97 Å². The van der Waals surface area contributed by atoms with Gasteiger partial charge in [0.1, 0.15) is 5.75 Å². The normalized spacial score (nSPS) is 10.4. The Bertz CT molecular complexity index is 912. The lowest BCUT2D eigenvalue weighted by atomic mass is 10.1. The van der Waals surface area contributed by atoms with Crippen LogP contribution in [0.1, 0.15) is 11.1 Å². The van der Waals surface area contributed by atoms with E-state index in [0.29, 0.717) is 24.1 Å². The van der Waals surface area contributed by atoms with E-state index in [1.165, 1.54) is 14.2 Å². The average molecular weight is 386 g/mol. The Kier molecular flexibility index (Phi) is 5.98. The number of benzene rings is 2. The third-order valence-electron chi connectivity index (χ3n) is 3.99. The molecule has 0 radical (unpaired) electrons. The fraction of sp³-hybridized carbons (Fsp3) is 0.200. The minimum Gasteiger partial charge on any atom is -0.481 e. The number of hydrogen-bond acceptors (Lipinski definition) is 6. The number of nitrogens with one attached hydrogen (secondary N) is 1. The molecule has 0 aliphatic carbocycles. The van der Waals surface area contributed by atoms with Crippen LogP contribution in [-0.2, 0) is 6.54 Å². The Hall–Kier alpha value is -2.99. The summed E-state index contributed by atoms with van der Waals surface area (Å²) in [6.07, 6.45) is 0. The molecule has 0 aliphatic heterocycles. The van der Waals surface area contributed by atoms with Crippen LogP contribution in [-0.4, -0.2) is 24.2 Å². The molecule has 140 valence electrons. The van der Waals surface area contributed by atoms with Crippen LogP contribution in [0.5, 0.6) is 23.5 Å². The van der Waals surface area contributed by atoms with Gasteiger partial charge in [-0.25, -0.2) is 0 Å². The number of rotatable bonds is 7. The van der Waals surface area contributed by atoms with Gasteiger partial charge in [-0.3, -0.25) is 0 Å². The number of para-hydroxylation sites is 1. The Balaban J connectivity index is 1.81. The predicted octanol–water partition coefficient (Wildman–Crippen LogP) is 4.86. The van der Waals surface area contributed by atoms with Gasteiger partial charge in [-0.05, 0) is 30.7 Å². The quantitative estimate of drug-likeness (QED) is 0.626. The number of halogens is 1. The van der Waals surface area contributed by atoms with Crippen molar-refractivity contribution >= 4 is 17.3 Å². The van der Waals surface area contributed by atoms with Crippen molar-refractivity contribution in [2.75, 3.05) is 19.5 Å². The zero-order valence-electron chi connectivity index (χ0n) is 15.3. The van der Waals surface area contributed by atoms with E-state index in [1.54, 1.807) is 6.07 Å². The molecule has 3 aromatic rings. The van der Waals surface area contributed by atoms with Gasteiger partial charge >= 0.3 is 6.01 Å².